The molecule has 156 valence electrons. The molecule has 2 heterocycles. The molecule has 0 amide bonds. The summed E-state index contributed by atoms with van der Waals surface area (Å²) in [6.07, 6.45) is 2.93. The van der Waals surface area contributed by atoms with Gasteiger partial charge in [-0.25, -0.2) is 9.37 Å². The molecule has 1 aromatic carbocycles. The molecule has 2 aromatic heterocycles. The quantitative estimate of drug-likeness (QED) is 0.430. The fourth-order valence-electron chi connectivity index (χ4n) is 2.50. The SMILES string of the molecule is CC(Oc1ccc(C(=O)C2CC2)nc1)c1nnn(-c2cccc(F)c2)n1.COC=O. The van der Waals surface area contributed by atoms with Crippen molar-refractivity contribution in [1.29, 1.82) is 0 Å². The van der Waals surface area contributed by atoms with E-state index < -0.39 is 6.10 Å². The molecule has 1 atom stereocenters. The van der Waals surface area contributed by atoms with E-state index in [1.807, 2.05) is 0 Å². The Morgan fingerprint density at radius 2 is 2.07 bits per heavy atom. The van der Waals surface area contributed by atoms with E-state index >= 15 is 0 Å². The Balaban J connectivity index is 0.000000589. The minimum absolute atomic E-state index is 0.0873. The van der Waals surface area contributed by atoms with Gasteiger partial charge in [0, 0.05) is 12.0 Å². The number of Topliss-reactive ketones (excluding diaryl/α,β-unsaturated/α-hetero) is 1. The number of carbonyl (C=O) groups is 2. The van der Waals surface area contributed by atoms with Crippen LogP contribution in [0.5, 0.6) is 5.75 Å². The van der Waals surface area contributed by atoms with E-state index in [-0.39, 0.29) is 17.5 Å². The summed E-state index contributed by atoms with van der Waals surface area (Å²) in [4.78, 5) is 26.3. The highest BCUT2D eigenvalue weighted by Gasteiger charge is 2.31. The number of halogens is 1. The van der Waals surface area contributed by atoms with Crippen LogP contribution >= 0.6 is 0 Å². The molecular formula is C20H20FN5O4. The van der Waals surface area contributed by atoms with Gasteiger partial charge in [0.1, 0.15) is 17.3 Å². The molecule has 1 fully saturated rings. The average molecular weight is 413 g/mol. The number of pyridine rings is 1. The first-order valence-corrected chi connectivity index (χ1v) is 9.21. The van der Waals surface area contributed by atoms with Crippen LogP contribution in [0.3, 0.4) is 0 Å². The predicted octanol–water partition coefficient (Wildman–Crippen LogP) is 2.72. The Labute approximate surface area is 171 Å². The van der Waals surface area contributed by atoms with E-state index in [2.05, 4.69) is 25.1 Å². The number of ether oxygens (including phenoxy) is 2. The van der Waals surface area contributed by atoms with Crippen molar-refractivity contribution in [2.45, 2.75) is 25.9 Å². The van der Waals surface area contributed by atoms with E-state index in [9.17, 15) is 9.18 Å². The zero-order chi connectivity index (χ0) is 21.5. The maximum absolute atomic E-state index is 13.3. The van der Waals surface area contributed by atoms with Gasteiger partial charge in [-0.15, -0.1) is 15.0 Å². The zero-order valence-corrected chi connectivity index (χ0v) is 16.4. The molecule has 0 saturated heterocycles. The van der Waals surface area contributed by atoms with Crippen molar-refractivity contribution in [2.75, 3.05) is 7.11 Å². The third kappa shape index (κ3) is 5.43. The molecule has 0 radical (unpaired) electrons. The van der Waals surface area contributed by atoms with Gasteiger partial charge in [0.05, 0.1) is 19.0 Å². The Hall–Kier alpha value is -3.69. The molecule has 0 N–H and O–H groups in total. The summed E-state index contributed by atoms with van der Waals surface area (Å²) < 4.78 is 22.9. The number of carbonyl (C=O) groups excluding carboxylic acids is 2. The summed E-state index contributed by atoms with van der Waals surface area (Å²) in [7, 11) is 1.31. The number of benzene rings is 1. The van der Waals surface area contributed by atoms with Crippen molar-refractivity contribution >= 4 is 12.3 Å². The Morgan fingerprint density at radius 1 is 1.30 bits per heavy atom. The lowest BCUT2D eigenvalue weighted by Gasteiger charge is -2.10. The van der Waals surface area contributed by atoms with Crippen molar-refractivity contribution in [3.8, 4) is 11.4 Å². The van der Waals surface area contributed by atoms with E-state index in [1.54, 1.807) is 31.2 Å². The third-order valence-corrected chi connectivity index (χ3v) is 4.18. The first kappa shape index (κ1) is 21.0. The molecule has 1 aliphatic carbocycles. The largest absolute Gasteiger partial charge is 0.481 e. The number of hydrogen-bond acceptors (Lipinski definition) is 8. The molecule has 0 spiro atoms. The fraction of sp³-hybridized carbons (Fsp3) is 0.300. The van der Waals surface area contributed by atoms with Crippen LogP contribution in [0.25, 0.3) is 5.69 Å². The number of nitrogens with zero attached hydrogens (tertiary/aromatic N) is 5. The van der Waals surface area contributed by atoms with Gasteiger partial charge < -0.3 is 9.47 Å². The highest BCUT2D eigenvalue weighted by molar-refractivity contribution is 5.97. The predicted molar refractivity (Wildman–Crippen MR) is 103 cm³/mol. The van der Waals surface area contributed by atoms with E-state index in [0.29, 0.717) is 29.4 Å². The van der Waals surface area contributed by atoms with Gasteiger partial charge in [-0.3, -0.25) is 9.59 Å². The third-order valence-electron chi connectivity index (χ3n) is 4.18. The fourth-order valence-corrected chi connectivity index (χ4v) is 2.50. The van der Waals surface area contributed by atoms with E-state index in [1.165, 1.54) is 30.2 Å². The number of aromatic nitrogens is 5. The molecule has 1 aliphatic rings. The molecule has 9 nitrogen and oxygen atoms in total. The molecule has 30 heavy (non-hydrogen) atoms. The second-order valence-electron chi connectivity index (χ2n) is 6.53. The van der Waals surface area contributed by atoms with Gasteiger partial charge in [0.25, 0.3) is 6.47 Å². The molecule has 1 saturated carbocycles. The van der Waals surface area contributed by atoms with Crippen LogP contribution in [0.4, 0.5) is 4.39 Å². The number of tetrazole rings is 1. The van der Waals surface area contributed by atoms with Crippen LogP contribution in [0.1, 0.15) is 42.2 Å². The first-order chi connectivity index (χ1) is 14.5. The molecule has 3 aromatic rings. The summed E-state index contributed by atoms with van der Waals surface area (Å²) in [5.41, 5.74) is 0.934. The van der Waals surface area contributed by atoms with Crippen molar-refractivity contribution in [3.05, 3.63) is 59.9 Å². The van der Waals surface area contributed by atoms with Crippen LogP contribution < -0.4 is 4.74 Å². The van der Waals surface area contributed by atoms with Gasteiger partial charge >= 0.3 is 0 Å². The Bertz CT molecular complexity index is 1000. The second-order valence-corrected chi connectivity index (χ2v) is 6.53. The lowest BCUT2D eigenvalue weighted by atomic mass is 10.2. The second kappa shape index (κ2) is 9.68. The van der Waals surface area contributed by atoms with Crippen molar-refractivity contribution in [2.24, 2.45) is 5.92 Å². The smallest absolute Gasteiger partial charge is 0.292 e. The summed E-state index contributed by atoms with van der Waals surface area (Å²) in [5.74, 6) is 0.705. The number of hydrogen-bond donors (Lipinski definition) is 0. The maximum atomic E-state index is 13.3. The Kier molecular flexibility index (Phi) is 6.79. The summed E-state index contributed by atoms with van der Waals surface area (Å²) in [6.45, 7) is 2.15. The van der Waals surface area contributed by atoms with E-state index in [4.69, 9.17) is 9.53 Å². The normalized spacial score (nSPS) is 13.6. The highest BCUT2D eigenvalue weighted by atomic mass is 19.1. The highest BCUT2D eigenvalue weighted by Crippen LogP contribution is 2.32. The number of rotatable bonds is 7. The number of methoxy groups -OCH3 is 1. The molecule has 4 rings (SSSR count). The summed E-state index contributed by atoms with van der Waals surface area (Å²) in [5, 5.41) is 12.1. The number of ketones is 1. The minimum Gasteiger partial charge on any atom is -0.481 e. The van der Waals surface area contributed by atoms with Crippen LogP contribution in [-0.4, -0.2) is 44.6 Å². The van der Waals surface area contributed by atoms with Gasteiger partial charge in [0.15, 0.2) is 11.9 Å². The molecule has 1 unspecified atom stereocenters. The molecule has 10 heteroatoms. The van der Waals surface area contributed by atoms with Crippen molar-refractivity contribution in [1.82, 2.24) is 25.2 Å². The topological polar surface area (TPSA) is 109 Å². The Morgan fingerprint density at radius 3 is 2.67 bits per heavy atom. The van der Waals surface area contributed by atoms with Crippen LogP contribution in [0.2, 0.25) is 0 Å². The van der Waals surface area contributed by atoms with Gasteiger partial charge in [-0.05, 0) is 49.2 Å². The van der Waals surface area contributed by atoms with Crippen LogP contribution in [0.15, 0.2) is 42.6 Å². The van der Waals surface area contributed by atoms with Gasteiger partial charge in [-0.2, -0.15) is 0 Å². The average Bonchev–Trinajstić information content (AvgIpc) is 3.49. The summed E-state index contributed by atoms with van der Waals surface area (Å²) >= 11 is 0. The molecule has 0 aliphatic heterocycles. The standard InChI is InChI=1S/C18H16FN5O2.C2H4O2/c1-11(18-21-23-24(22-18)14-4-2-3-13(19)9-14)26-15-7-8-16(20-10-15)17(25)12-5-6-12;1-4-2-3/h2-4,7-12H,5-6H2,1H3;2H,1H3. The van der Waals surface area contributed by atoms with Gasteiger partial charge in [-0.1, -0.05) is 6.07 Å². The van der Waals surface area contributed by atoms with Crippen LogP contribution in [0, 0.1) is 11.7 Å². The zero-order valence-electron chi connectivity index (χ0n) is 16.4. The molecule has 0 bridgehead atoms. The monoisotopic (exact) mass is 413 g/mol. The first-order valence-electron chi connectivity index (χ1n) is 9.21. The lowest BCUT2D eigenvalue weighted by Crippen LogP contribution is -2.08. The van der Waals surface area contributed by atoms with Crippen LogP contribution in [-0.2, 0) is 9.53 Å². The summed E-state index contributed by atoms with van der Waals surface area (Å²) in [6, 6.07) is 9.29. The minimum atomic E-state index is -0.482. The molecular weight excluding hydrogens is 393 g/mol. The van der Waals surface area contributed by atoms with Gasteiger partial charge in [0.2, 0.25) is 5.82 Å². The van der Waals surface area contributed by atoms with E-state index in [0.717, 1.165) is 12.8 Å². The maximum Gasteiger partial charge on any atom is 0.292 e. The van der Waals surface area contributed by atoms with Crippen molar-refractivity contribution < 1.29 is 23.5 Å². The van der Waals surface area contributed by atoms with Crippen molar-refractivity contribution in [3.63, 3.8) is 0 Å². The lowest BCUT2D eigenvalue weighted by molar-refractivity contribution is -0.126.